The molecule has 1 unspecified atom stereocenters. The highest BCUT2D eigenvalue weighted by Gasteiger charge is 2.33. The van der Waals surface area contributed by atoms with Crippen molar-refractivity contribution in [2.75, 3.05) is 19.7 Å². The molecule has 2 rings (SSSR count). The summed E-state index contributed by atoms with van der Waals surface area (Å²) in [5, 5.41) is 0.149. The molecule has 1 aliphatic heterocycles. The topological polar surface area (TPSA) is 72.6 Å². The van der Waals surface area contributed by atoms with E-state index in [0.29, 0.717) is 13.0 Å². The van der Waals surface area contributed by atoms with Crippen LogP contribution in [0.5, 0.6) is 0 Å². The first-order valence-corrected chi connectivity index (χ1v) is 8.51. The van der Waals surface area contributed by atoms with Gasteiger partial charge < -0.3 is 10.5 Å². The zero-order valence-corrected chi connectivity index (χ0v) is 13.3. The molecule has 0 aromatic heterocycles. The standard InChI is InChI=1S/C13H18ClFN2O3S/c1-2-11-8-17(3-4-20-11)21(18,19)12-6-10(14)5-9(7-16)13(12)15/h5-6,11H,2-4,7-8,16H2,1H3. The van der Waals surface area contributed by atoms with Crippen LogP contribution in [0.2, 0.25) is 5.02 Å². The van der Waals surface area contributed by atoms with E-state index >= 15 is 0 Å². The fraction of sp³-hybridized carbons (Fsp3) is 0.538. The second-order valence-electron chi connectivity index (χ2n) is 4.85. The van der Waals surface area contributed by atoms with E-state index in [2.05, 4.69) is 0 Å². The molecule has 8 heteroatoms. The predicted octanol–water partition coefficient (Wildman–Crippen LogP) is 1.74. The van der Waals surface area contributed by atoms with Crippen LogP contribution < -0.4 is 5.73 Å². The number of sulfonamides is 1. The Morgan fingerprint density at radius 2 is 2.24 bits per heavy atom. The molecule has 1 aliphatic rings. The van der Waals surface area contributed by atoms with Gasteiger partial charge in [-0.2, -0.15) is 4.31 Å². The molecule has 0 aliphatic carbocycles. The van der Waals surface area contributed by atoms with E-state index in [1.54, 1.807) is 0 Å². The number of benzene rings is 1. The first-order chi connectivity index (χ1) is 9.90. The lowest BCUT2D eigenvalue weighted by atomic mass is 10.2. The summed E-state index contributed by atoms with van der Waals surface area (Å²) in [5.41, 5.74) is 5.51. The summed E-state index contributed by atoms with van der Waals surface area (Å²) < 4.78 is 46.2. The van der Waals surface area contributed by atoms with Gasteiger partial charge in [-0.15, -0.1) is 0 Å². The van der Waals surface area contributed by atoms with E-state index < -0.39 is 20.7 Å². The molecule has 0 spiro atoms. The van der Waals surface area contributed by atoms with Gasteiger partial charge in [-0.25, -0.2) is 12.8 Å². The van der Waals surface area contributed by atoms with Crippen molar-refractivity contribution in [2.24, 2.45) is 5.73 Å². The molecule has 1 atom stereocenters. The average Bonchev–Trinajstić information content (AvgIpc) is 2.49. The van der Waals surface area contributed by atoms with E-state index in [9.17, 15) is 12.8 Å². The van der Waals surface area contributed by atoms with Crippen molar-refractivity contribution >= 4 is 21.6 Å². The minimum absolute atomic E-state index is 0.0846. The van der Waals surface area contributed by atoms with Crippen LogP contribution in [0.15, 0.2) is 17.0 Å². The maximum Gasteiger partial charge on any atom is 0.246 e. The van der Waals surface area contributed by atoms with Crippen molar-refractivity contribution < 1.29 is 17.5 Å². The summed E-state index contributed by atoms with van der Waals surface area (Å²) in [6.07, 6.45) is 0.516. The van der Waals surface area contributed by atoms with Crippen molar-refractivity contribution in [3.8, 4) is 0 Å². The molecule has 0 bridgehead atoms. The SMILES string of the molecule is CCC1CN(S(=O)(=O)c2cc(Cl)cc(CN)c2F)CCO1. The number of halogens is 2. The van der Waals surface area contributed by atoms with Crippen LogP contribution >= 0.6 is 11.6 Å². The molecule has 118 valence electrons. The van der Waals surface area contributed by atoms with Gasteiger partial charge in [0.25, 0.3) is 0 Å². The third-order valence-corrected chi connectivity index (χ3v) is 5.56. The summed E-state index contributed by atoms with van der Waals surface area (Å²) in [5.74, 6) is -0.832. The Kier molecular flexibility index (Phi) is 5.21. The lowest BCUT2D eigenvalue weighted by Gasteiger charge is -2.31. The maximum absolute atomic E-state index is 14.3. The van der Waals surface area contributed by atoms with Crippen LogP contribution in [-0.4, -0.2) is 38.5 Å². The smallest absolute Gasteiger partial charge is 0.246 e. The Balaban J connectivity index is 2.42. The normalized spacial score (nSPS) is 20.7. The van der Waals surface area contributed by atoms with Crippen LogP contribution in [0.4, 0.5) is 4.39 Å². The summed E-state index contributed by atoms with van der Waals surface area (Å²) in [7, 11) is -3.95. The van der Waals surface area contributed by atoms with Gasteiger partial charge in [-0.05, 0) is 18.6 Å². The molecule has 1 saturated heterocycles. The molecule has 1 aromatic rings. The van der Waals surface area contributed by atoms with Crippen molar-refractivity contribution in [3.63, 3.8) is 0 Å². The number of hydrogen-bond acceptors (Lipinski definition) is 4. The van der Waals surface area contributed by atoms with Gasteiger partial charge in [-0.3, -0.25) is 0 Å². The molecule has 1 fully saturated rings. The zero-order chi connectivity index (χ0) is 15.6. The highest BCUT2D eigenvalue weighted by atomic mass is 35.5. The fourth-order valence-electron chi connectivity index (χ4n) is 2.25. The third kappa shape index (κ3) is 3.37. The van der Waals surface area contributed by atoms with Crippen molar-refractivity contribution in [3.05, 3.63) is 28.5 Å². The number of nitrogens with two attached hydrogens (primary N) is 1. The Labute approximate surface area is 128 Å². The van der Waals surface area contributed by atoms with Gasteiger partial charge >= 0.3 is 0 Å². The van der Waals surface area contributed by atoms with Crippen molar-refractivity contribution in [1.82, 2.24) is 4.31 Å². The molecule has 5 nitrogen and oxygen atoms in total. The minimum Gasteiger partial charge on any atom is -0.375 e. The lowest BCUT2D eigenvalue weighted by molar-refractivity contribution is -0.00283. The van der Waals surface area contributed by atoms with Gasteiger partial charge in [0.2, 0.25) is 10.0 Å². The van der Waals surface area contributed by atoms with E-state index in [1.165, 1.54) is 10.4 Å². The second-order valence-corrected chi connectivity index (χ2v) is 7.19. The van der Waals surface area contributed by atoms with Gasteiger partial charge in [-0.1, -0.05) is 18.5 Å². The van der Waals surface area contributed by atoms with Crippen LogP contribution in [-0.2, 0) is 21.3 Å². The Morgan fingerprint density at radius 3 is 2.86 bits per heavy atom. The first kappa shape index (κ1) is 16.6. The molecule has 0 amide bonds. The van der Waals surface area contributed by atoms with E-state index in [0.717, 1.165) is 6.07 Å². The molecule has 1 aromatic carbocycles. The Bertz CT molecular complexity index is 624. The van der Waals surface area contributed by atoms with Gasteiger partial charge in [0.05, 0.1) is 12.7 Å². The average molecular weight is 337 g/mol. The maximum atomic E-state index is 14.3. The number of hydrogen-bond donors (Lipinski definition) is 1. The molecular weight excluding hydrogens is 319 g/mol. The quantitative estimate of drug-likeness (QED) is 0.909. The first-order valence-electron chi connectivity index (χ1n) is 6.69. The third-order valence-electron chi connectivity index (χ3n) is 3.47. The van der Waals surface area contributed by atoms with Crippen LogP contribution in [0.1, 0.15) is 18.9 Å². The predicted molar refractivity (Wildman–Crippen MR) is 78.1 cm³/mol. The molecule has 21 heavy (non-hydrogen) atoms. The largest absolute Gasteiger partial charge is 0.375 e. The fourth-order valence-corrected chi connectivity index (χ4v) is 4.15. The summed E-state index contributed by atoms with van der Waals surface area (Å²) in [4.78, 5) is -0.424. The van der Waals surface area contributed by atoms with Crippen molar-refractivity contribution in [1.29, 1.82) is 0 Å². The summed E-state index contributed by atoms with van der Waals surface area (Å²) in [6, 6.07) is 2.46. The molecule has 0 saturated carbocycles. The van der Waals surface area contributed by atoms with E-state index in [1.807, 2.05) is 6.92 Å². The number of rotatable bonds is 4. The molecule has 0 radical (unpaired) electrons. The highest BCUT2D eigenvalue weighted by molar-refractivity contribution is 7.89. The number of nitrogens with zero attached hydrogens (tertiary/aromatic N) is 1. The van der Waals surface area contributed by atoms with Gasteiger partial charge in [0.15, 0.2) is 0 Å². The van der Waals surface area contributed by atoms with E-state index in [4.69, 9.17) is 22.1 Å². The number of morpholine rings is 1. The zero-order valence-electron chi connectivity index (χ0n) is 11.7. The molecule has 1 heterocycles. The Hall–Kier alpha value is -0.730. The van der Waals surface area contributed by atoms with Crippen LogP contribution in [0.3, 0.4) is 0 Å². The lowest BCUT2D eigenvalue weighted by Crippen LogP contribution is -2.45. The van der Waals surface area contributed by atoms with E-state index in [-0.39, 0.29) is 36.3 Å². The molecule has 2 N–H and O–H groups in total. The van der Waals surface area contributed by atoms with Gasteiger partial charge in [0, 0.05) is 30.2 Å². The second kappa shape index (κ2) is 6.58. The monoisotopic (exact) mass is 336 g/mol. The summed E-state index contributed by atoms with van der Waals surface area (Å²) in [6.45, 7) is 2.50. The number of ether oxygens (including phenoxy) is 1. The molecular formula is C13H18ClFN2O3S. The highest BCUT2D eigenvalue weighted by Crippen LogP contribution is 2.27. The Morgan fingerprint density at radius 1 is 1.52 bits per heavy atom. The summed E-state index contributed by atoms with van der Waals surface area (Å²) >= 11 is 5.87. The van der Waals surface area contributed by atoms with Crippen LogP contribution in [0, 0.1) is 5.82 Å². The van der Waals surface area contributed by atoms with Crippen molar-refractivity contribution in [2.45, 2.75) is 30.9 Å². The minimum atomic E-state index is -3.95. The van der Waals surface area contributed by atoms with Gasteiger partial charge in [0.1, 0.15) is 10.7 Å². The van der Waals surface area contributed by atoms with Crippen LogP contribution in [0.25, 0.3) is 0 Å².